The Bertz CT molecular complexity index is 349. The lowest BCUT2D eigenvalue weighted by atomic mass is 9.96. The van der Waals surface area contributed by atoms with Gasteiger partial charge in [-0.2, -0.15) is 0 Å². The number of hydrogen-bond acceptors (Lipinski definition) is 3. The molecule has 1 heterocycles. The number of methoxy groups -OCH3 is 1. The van der Waals surface area contributed by atoms with Crippen LogP contribution in [0.5, 0.6) is 5.75 Å². The highest BCUT2D eigenvalue weighted by Gasteiger charge is 2.51. The lowest BCUT2D eigenvalue weighted by molar-refractivity contribution is -0.122. The third kappa shape index (κ3) is 1.30. The van der Waals surface area contributed by atoms with Crippen LogP contribution in [0.15, 0.2) is 24.3 Å². The Kier molecular flexibility index (Phi) is 2.04. The van der Waals surface area contributed by atoms with Crippen molar-refractivity contribution in [1.29, 1.82) is 0 Å². The van der Waals surface area contributed by atoms with Crippen molar-refractivity contribution in [2.75, 3.05) is 13.7 Å². The van der Waals surface area contributed by atoms with E-state index < -0.39 is 5.60 Å². The van der Waals surface area contributed by atoms with E-state index in [2.05, 4.69) is 0 Å². The molecule has 1 unspecified atom stereocenters. The number of ketones is 1. The van der Waals surface area contributed by atoms with E-state index in [9.17, 15) is 4.79 Å². The summed E-state index contributed by atoms with van der Waals surface area (Å²) in [6.45, 7) is 2.05. The number of rotatable bonds is 3. The van der Waals surface area contributed by atoms with Crippen LogP contribution in [0.25, 0.3) is 0 Å². The molecule has 3 heteroatoms. The lowest BCUT2D eigenvalue weighted by Crippen LogP contribution is -2.18. The molecule has 0 aliphatic carbocycles. The van der Waals surface area contributed by atoms with Crippen LogP contribution in [0.2, 0.25) is 0 Å². The standard InChI is InChI=1S/C11H12O3/c1-8(12)11(7-14-11)9-3-5-10(13-2)6-4-9/h3-6H,7H2,1-2H3. The van der Waals surface area contributed by atoms with Crippen LogP contribution >= 0.6 is 0 Å². The summed E-state index contributed by atoms with van der Waals surface area (Å²) in [4.78, 5) is 11.3. The molecule has 1 atom stereocenters. The number of ether oxygens (including phenoxy) is 2. The van der Waals surface area contributed by atoms with Gasteiger partial charge < -0.3 is 9.47 Å². The average Bonchev–Trinajstić information content (AvgIpc) is 2.99. The summed E-state index contributed by atoms with van der Waals surface area (Å²) in [5, 5.41) is 0. The molecule has 1 aliphatic heterocycles. The SMILES string of the molecule is COc1ccc(C2(C(C)=O)CO2)cc1. The fraction of sp³-hybridized carbons (Fsp3) is 0.364. The molecule has 0 amide bonds. The normalized spacial score (nSPS) is 24.4. The van der Waals surface area contributed by atoms with Gasteiger partial charge in [0.2, 0.25) is 0 Å². The molecule has 1 fully saturated rings. The Labute approximate surface area is 82.6 Å². The van der Waals surface area contributed by atoms with Gasteiger partial charge in [-0.3, -0.25) is 4.79 Å². The molecule has 0 bridgehead atoms. The molecule has 14 heavy (non-hydrogen) atoms. The molecule has 0 spiro atoms. The number of benzene rings is 1. The van der Waals surface area contributed by atoms with E-state index in [0.717, 1.165) is 11.3 Å². The minimum absolute atomic E-state index is 0.0580. The molecule has 1 aliphatic rings. The molecule has 0 aromatic heterocycles. The first-order valence-electron chi connectivity index (χ1n) is 4.48. The van der Waals surface area contributed by atoms with E-state index in [4.69, 9.17) is 9.47 Å². The molecule has 0 saturated carbocycles. The summed E-state index contributed by atoms with van der Waals surface area (Å²) in [6.07, 6.45) is 0. The third-order valence-corrected chi connectivity index (χ3v) is 2.56. The van der Waals surface area contributed by atoms with Crippen LogP contribution in [0.3, 0.4) is 0 Å². The van der Waals surface area contributed by atoms with Crippen LogP contribution in [-0.4, -0.2) is 19.5 Å². The number of carbonyl (C=O) groups excluding carboxylic acids is 1. The van der Waals surface area contributed by atoms with Crippen LogP contribution in [0.1, 0.15) is 12.5 Å². The zero-order valence-electron chi connectivity index (χ0n) is 8.24. The second-order valence-electron chi connectivity index (χ2n) is 3.40. The number of carbonyl (C=O) groups is 1. The van der Waals surface area contributed by atoms with Crippen LogP contribution in [0.4, 0.5) is 0 Å². The number of epoxide rings is 1. The quantitative estimate of drug-likeness (QED) is 0.681. The molecule has 74 valence electrons. The van der Waals surface area contributed by atoms with E-state index in [1.807, 2.05) is 24.3 Å². The Morgan fingerprint density at radius 3 is 2.36 bits per heavy atom. The van der Waals surface area contributed by atoms with E-state index in [0.29, 0.717) is 6.61 Å². The highest BCUT2D eigenvalue weighted by molar-refractivity contribution is 5.88. The topological polar surface area (TPSA) is 38.8 Å². The van der Waals surface area contributed by atoms with Gasteiger partial charge in [0.15, 0.2) is 11.4 Å². The summed E-state index contributed by atoms with van der Waals surface area (Å²) < 4.78 is 10.3. The van der Waals surface area contributed by atoms with E-state index in [-0.39, 0.29) is 5.78 Å². The Morgan fingerprint density at radius 1 is 1.43 bits per heavy atom. The van der Waals surface area contributed by atoms with Gasteiger partial charge >= 0.3 is 0 Å². The lowest BCUT2D eigenvalue weighted by Gasteiger charge is -2.08. The van der Waals surface area contributed by atoms with E-state index in [1.165, 1.54) is 0 Å². The number of Topliss-reactive ketones (excluding diaryl/α,β-unsaturated/α-hetero) is 1. The fourth-order valence-corrected chi connectivity index (χ4v) is 1.51. The van der Waals surface area contributed by atoms with Gasteiger partial charge in [-0.25, -0.2) is 0 Å². The predicted molar refractivity (Wildman–Crippen MR) is 51.3 cm³/mol. The molecular formula is C11H12O3. The Hall–Kier alpha value is -1.35. The van der Waals surface area contributed by atoms with Gasteiger partial charge in [-0.15, -0.1) is 0 Å². The van der Waals surface area contributed by atoms with Crippen molar-refractivity contribution < 1.29 is 14.3 Å². The van der Waals surface area contributed by atoms with Gasteiger partial charge in [0.25, 0.3) is 0 Å². The first kappa shape index (κ1) is 9.21. The highest BCUT2D eigenvalue weighted by Crippen LogP contribution is 2.39. The first-order chi connectivity index (χ1) is 6.69. The van der Waals surface area contributed by atoms with Crippen molar-refractivity contribution in [3.63, 3.8) is 0 Å². The fourth-order valence-electron chi connectivity index (χ4n) is 1.51. The van der Waals surface area contributed by atoms with Gasteiger partial charge in [0.05, 0.1) is 13.7 Å². The minimum atomic E-state index is -0.660. The van der Waals surface area contributed by atoms with Crippen molar-refractivity contribution in [2.24, 2.45) is 0 Å². The molecule has 1 saturated heterocycles. The van der Waals surface area contributed by atoms with Crippen molar-refractivity contribution >= 4 is 5.78 Å². The average molecular weight is 192 g/mol. The van der Waals surface area contributed by atoms with Gasteiger partial charge in [-0.1, -0.05) is 12.1 Å². The zero-order chi connectivity index (χ0) is 10.2. The first-order valence-corrected chi connectivity index (χ1v) is 4.48. The Morgan fingerprint density at radius 2 is 2.00 bits per heavy atom. The third-order valence-electron chi connectivity index (χ3n) is 2.56. The largest absolute Gasteiger partial charge is 0.497 e. The molecule has 3 nitrogen and oxygen atoms in total. The molecule has 0 N–H and O–H groups in total. The van der Waals surface area contributed by atoms with Crippen molar-refractivity contribution in [3.05, 3.63) is 29.8 Å². The monoisotopic (exact) mass is 192 g/mol. The minimum Gasteiger partial charge on any atom is -0.497 e. The molecule has 0 radical (unpaired) electrons. The summed E-state index contributed by atoms with van der Waals surface area (Å²) in [6, 6.07) is 7.41. The molecular weight excluding hydrogens is 180 g/mol. The summed E-state index contributed by atoms with van der Waals surface area (Å²) in [5.74, 6) is 0.843. The molecule has 1 aromatic carbocycles. The van der Waals surface area contributed by atoms with Crippen LogP contribution in [-0.2, 0) is 15.1 Å². The predicted octanol–water partition coefficient (Wildman–Crippen LogP) is 1.51. The second kappa shape index (κ2) is 3.10. The van der Waals surface area contributed by atoms with Crippen molar-refractivity contribution in [1.82, 2.24) is 0 Å². The smallest absolute Gasteiger partial charge is 0.174 e. The Balaban J connectivity index is 2.29. The summed E-state index contributed by atoms with van der Waals surface area (Å²) in [5.41, 5.74) is 0.248. The van der Waals surface area contributed by atoms with E-state index >= 15 is 0 Å². The van der Waals surface area contributed by atoms with Crippen LogP contribution in [0, 0.1) is 0 Å². The van der Waals surface area contributed by atoms with Gasteiger partial charge in [0, 0.05) is 0 Å². The summed E-state index contributed by atoms with van der Waals surface area (Å²) >= 11 is 0. The van der Waals surface area contributed by atoms with E-state index in [1.54, 1.807) is 14.0 Å². The molecule has 2 rings (SSSR count). The highest BCUT2D eigenvalue weighted by atomic mass is 16.6. The number of hydrogen-bond donors (Lipinski definition) is 0. The van der Waals surface area contributed by atoms with Crippen molar-refractivity contribution in [3.8, 4) is 5.75 Å². The van der Waals surface area contributed by atoms with Gasteiger partial charge in [0.1, 0.15) is 5.75 Å². The van der Waals surface area contributed by atoms with Crippen molar-refractivity contribution in [2.45, 2.75) is 12.5 Å². The maximum absolute atomic E-state index is 11.3. The second-order valence-corrected chi connectivity index (χ2v) is 3.40. The maximum atomic E-state index is 11.3. The zero-order valence-corrected chi connectivity index (χ0v) is 8.24. The molecule has 1 aromatic rings. The van der Waals surface area contributed by atoms with Crippen LogP contribution < -0.4 is 4.74 Å². The van der Waals surface area contributed by atoms with Gasteiger partial charge in [-0.05, 0) is 24.6 Å². The summed E-state index contributed by atoms with van der Waals surface area (Å²) in [7, 11) is 1.61. The maximum Gasteiger partial charge on any atom is 0.174 e.